The third kappa shape index (κ3) is 2.11. The predicted octanol–water partition coefficient (Wildman–Crippen LogP) is 2.84. The number of fused-ring (bicyclic) bond motifs is 2. The van der Waals surface area contributed by atoms with Gasteiger partial charge in [0.1, 0.15) is 19.0 Å². The molecule has 1 aromatic heterocycles. The molecule has 1 fully saturated rings. The van der Waals surface area contributed by atoms with Gasteiger partial charge in [0, 0.05) is 24.6 Å². The Morgan fingerprint density at radius 1 is 1.33 bits per heavy atom. The highest BCUT2D eigenvalue weighted by molar-refractivity contribution is 5.81. The van der Waals surface area contributed by atoms with Crippen LogP contribution in [0.15, 0.2) is 12.1 Å². The number of rotatable bonds is 3. The normalized spacial score (nSPS) is 18.5. The molecule has 0 spiro atoms. The molecule has 0 N–H and O–H groups in total. The minimum atomic E-state index is -0.0342. The maximum atomic E-state index is 9.11. The van der Waals surface area contributed by atoms with E-state index in [9.17, 15) is 0 Å². The van der Waals surface area contributed by atoms with Crippen molar-refractivity contribution in [3.63, 3.8) is 0 Å². The maximum Gasteiger partial charge on any atom is 0.163 e. The molecule has 5 heteroatoms. The largest absolute Gasteiger partial charge is 0.486 e. The summed E-state index contributed by atoms with van der Waals surface area (Å²) in [5.74, 6) is 3.17. The third-order valence-corrected chi connectivity index (χ3v) is 4.06. The monoisotopic (exact) mass is 283 g/mol. The summed E-state index contributed by atoms with van der Waals surface area (Å²) in [6.45, 7) is 3.79. The molecule has 0 radical (unpaired) electrons. The van der Waals surface area contributed by atoms with Crippen LogP contribution in [0, 0.1) is 17.2 Å². The molecule has 21 heavy (non-hydrogen) atoms. The number of hydrogen-bond donors (Lipinski definition) is 0. The lowest BCUT2D eigenvalue weighted by Crippen LogP contribution is -2.15. The molecule has 2 aliphatic rings. The highest BCUT2D eigenvalue weighted by atomic mass is 16.6. The molecule has 0 bridgehead atoms. The molecule has 108 valence electrons. The summed E-state index contributed by atoms with van der Waals surface area (Å²) in [5.41, 5.74) is 1.98. The van der Waals surface area contributed by atoms with Crippen molar-refractivity contribution in [1.82, 2.24) is 9.55 Å². The van der Waals surface area contributed by atoms with Crippen LogP contribution in [0.1, 0.15) is 31.5 Å². The zero-order chi connectivity index (χ0) is 14.4. The van der Waals surface area contributed by atoms with Crippen LogP contribution in [0.3, 0.4) is 0 Å². The zero-order valence-electron chi connectivity index (χ0n) is 12.0. The van der Waals surface area contributed by atoms with Crippen molar-refractivity contribution in [2.45, 2.75) is 32.2 Å². The fourth-order valence-corrected chi connectivity index (χ4v) is 2.84. The van der Waals surface area contributed by atoms with Crippen molar-refractivity contribution in [2.24, 2.45) is 5.92 Å². The molecule has 1 atom stereocenters. The number of aromatic nitrogens is 2. The quantitative estimate of drug-likeness (QED) is 0.869. The summed E-state index contributed by atoms with van der Waals surface area (Å²) in [7, 11) is 0. The van der Waals surface area contributed by atoms with E-state index >= 15 is 0 Å². The van der Waals surface area contributed by atoms with Gasteiger partial charge in [-0.1, -0.05) is 0 Å². The van der Waals surface area contributed by atoms with Gasteiger partial charge < -0.3 is 14.0 Å². The molecule has 1 aromatic carbocycles. The second-order valence-electron chi connectivity index (χ2n) is 5.87. The molecule has 1 saturated carbocycles. The molecular formula is C16H17N3O2. The highest BCUT2D eigenvalue weighted by Crippen LogP contribution is 2.42. The number of nitriles is 1. The topological polar surface area (TPSA) is 60.1 Å². The van der Waals surface area contributed by atoms with E-state index < -0.39 is 0 Å². The highest BCUT2D eigenvalue weighted by Gasteiger charge is 2.30. The lowest BCUT2D eigenvalue weighted by molar-refractivity contribution is 0.172. The Morgan fingerprint density at radius 2 is 2.05 bits per heavy atom. The number of benzene rings is 1. The SMILES string of the molecule is CC(C#N)Cn1c(C2CC2)nc2cc3c(cc21)OCCO3. The van der Waals surface area contributed by atoms with Crippen LogP contribution in [0.2, 0.25) is 0 Å². The number of hydrogen-bond acceptors (Lipinski definition) is 4. The van der Waals surface area contributed by atoms with Gasteiger partial charge in [-0.25, -0.2) is 4.98 Å². The lowest BCUT2D eigenvalue weighted by Gasteiger charge is -2.18. The van der Waals surface area contributed by atoms with E-state index in [1.165, 1.54) is 12.8 Å². The van der Waals surface area contributed by atoms with Crippen molar-refractivity contribution < 1.29 is 9.47 Å². The van der Waals surface area contributed by atoms with Crippen LogP contribution >= 0.6 is 0 Å². The first-order chi connectivity index (χ1) is 10.3. The lowest BCUT2D eigenvalue weighted by atomic mass is 10.2. The van der Waals surface area contributed by atoms with Crippen molar-refractivity contribution in [3.05, 3.63) is 18.0 Å². The first-order valence-corrected chi connectivity index (χ1v) is 7.45. The van der Waals surface area contributed by atoms with E-state index in [1.54, 1.807) is 0 Å². The second-order valence-corrected chi connectivity index (χ2v) is 5.87. The first-order valence-electron chi connectivity index (χ1n) is 7.45. The Bertz CT molecular complexity index is 740. The van der Waals surface area contributed by atoms with Crippen molar-refractivity contribution >= 4 is 11.0 Å². The Hall–Kier alpha value is -2.22. The van der Waals surface area contributed by atoms with Crippen LogP contribution in [-0.2, 0) is 6.54 Å². The van der Waals surface area contributed by atoms with Gasteiger partial charge >= 0.3 is 0 Å². The van der Waals surface area contributed by atoms with Gasteiger partial charge in [-0.05, 0) is 19.8 Å². The average molecular weight is 283 g/mol. The summed E-state index contributed by atoms with van der Waals surface area (Å²) < 4.78 is 13.5. The van der Waals surface area contributed by atoms with Crippen LogP contribution in [-0.4, -0.2) is 22.8 Å². The van der Waals surface area contributed by atoms with Gasteiger partial charge in [-0.3, -0.25) is 0 Å². The second kappa shape index (κ2) is 4.66. The molecule has 2 aromatic rings. The average Bonchev–Trinajstić information content (AvgIpc) is 3.29. The summed E-state index contributed by atoms with van der Waals surface area (Å²) in [4.78, 5) is 4.79. The summed E-state index contributed by atoms with van der Waals surface area (Å²) >= 11 is 0. The van der Waals surface area contributed by atoms with Gasteiger partial charge in [0.2, 0.25) is 0 Å². The molecule has 0 saturated heterocycles. The van der Waals surface area contributed by atoms with Crippen molar-refractivity contribution in [2.75, 3.05) is 13.2 Å². The molecule has 1 unspecified atom stereocenters. The molecule has 2 heterocycles. The van der Waals surface area contributed by atoms with Gasteiger partial charge in [-0.15, -0.1) is 0 Å². The van der Waals surface area contributed by atoms with Crippen molar-refractivity contribution in [3.8, 4) is 17.6 Å². The van der Waals surface area contributed by atoms with E-state index in [4.69, 9.17) is 19.7 Å². The summed E-state index contributed by atoms with van der Waals surface area (Å²) in [6, 6.07) is 6.28. The first kappa shape index (κ1) is 12.5. The molecule has 1 aliphatic carbocycles. The van der Waals surface area contributed by atoms with E-state index in [0.29, 0.717) is 25.7 Å². The third-order valence-electron chi connectivity index (χ3n) is 4.06. The predicted molar refractivity (Wildman–Crippen MR) is 77.5 cm³/mol. The Morgan fingerprint density at radius 3 is 2.71 bits per heavy atom. The van der Waals surface area contributed by atoms with E-state index in [2.05, 4.69) is 10.6 Å². The molecular weight excluding hydrogens is 266 g/mol. The van der Waals surface area contributed by atoms with Crippen molar-refractivity contribution in [1.29, 1.82) is 5.26 Å². The molecule has 5 nitrogen and oxygen atoms in total. The van der Waals surface area contributed by atoms with Crippen LogP contribution in [0.4, 0.5) is 0 Å². The fraction of sp³-hybridized carbons (Fsp3) is 0.500. The van der Waals surface area contributed by atoms with Gasteiger partial charge in [0.05, 0.1) is 23.0 Å². The summed E-state index contributed by atoms with van der Waals surface area (Å²) in [5, 5.41) is 9.11. The Balaban J connectivity index is 1.87. The number of imidazole rings is 1. The van der Waals surface area contributed by atoms with Gasteiger partial charge in [0.15, 0.2) is 11.5 Å². The maximum absolute atomic E-state index is 9.11. The van der Waals surface area contributed by atoms with Crippen LogP contribution < -0.4 is 9.47 Å². The van der Waals surface area contributed by atoms with Crippen LogP contribution in [0.5, 0.6) is 11.5 Å². The molecule has 1 aliphatic heterocycles. The standard InChI is InChI=1S/C16H17N3O2/c1-10(8-17)9-19-13-7-15-14(20-4-5-21-15)6-12(13)18-16(19)11-2-3-11/h6-7,10-11H,2-5,9H2,1H3. The number of ether oxygens (including phenoxy) is 2. The Labute approximate surface area is 123 Å². The molecule has 0 amide bonds. The minimum absolute atomic E-state index is 0.0342. The molecule has 4 rings (SSSR count). The van der Waals surface area contributed by atoms with E-state index in [-0.39, 0.29) is 5.92 Å². The Kier molecular flexibility index (Phi) is 2.78. The van der Waals surface area contributed by atoms with E-state index in [0.717, 1.165) is 28.4 Å². The van der Waals surface area contributed by atoms with Gasteiger partial charge in [-0.2, -0.15) is 5.26 Å². The fourth-order valence-electron chi connectivity index (χ4n) is 2.84. The van der Waals surface area contributed by atoms with Gasteiger partial charge in [0.25, 0.3) is 0 Å². The minimum Gasteiger partial charge on any atom is -0.486 e. The smallest absolute Gasteiger partial charge is 0.163 e. The van der Waals surface area contributed by atoms with Crippen LogP contribution in [0.25, 0.3) is 11.0 Å². The zero-order valence-corrected chi connectivity index (χ0v) is 12.0. The summed E-state index contributed by atoms with van der Waals surface area (Å²) in [6.07, 6.45) is 2.38. The van der Waals surface area contributed by atoms with E-state index in [1.807, 2.05) is 19.1 Å². The number of nitrogens with zero attached hydrogens (tertiary/aromatic N) is 3.